The summed E-state index contributed by atoms with van der Waals surface area (Å²) < 4.78 is 11.9. The van der Waals surface area contributed by atoms with E-state index in [0.29, 0.717) is 16.3 Å². The van der Waals surface area contributed by atoms with Gasteiger partial charge in [-0.1, -0.05) is 109 Å². The molecule has 6 rings (SSSR count). The fourth-order valence-electron chi connectivity index (χ4n) is 7.12. The fourth-order valence-corrected chi connectivity index (χ4v) is 12.3. The summed E-state index contributed by atoms with van der Waals surface area (Å²) in [5.74, 6) is -1.04. The minimum Gasteiger partial charge on any atom is -0.872 e. The molecule has 0 saturated carbocycles. The molecule has 0 aliphatic rings. The third-order valence-corrected chi connectivity index (χ3v) is 14.2. The maximum atomic E-state index is 14.9. The first-order valence-corrected chi connectivity index (χ1v) is 18.1. The first-order chi connectivity index (χ1) is 23.4. The van der Waals surface area contributed by atoms with Crippen molar-refractivity contribution in [3.05, 3.63) is 151 Å². The summed E-state index contributed by atoms with van der Waals surface area (Å²) in [5, 5.41) is 31.0. The number of ether oxygens (including phenoxy) is 2. The monoisotopic (exact) mass is 654 g/mol. The van der Waals surface area contributed by atoms with Gasteiger partial charge >= 0.3 is 5.97 Å². The van der Waals surface area contributed by atoms with E-state index < -0.39 is 18.4 Å². The van der Waals surface area contributed by atoms with Crippen LogP contribution in [0.2, 0.25) is 0 Å². The molecule has 5 nitrogen and oxygen atoms in total. The van der Waals surface area contributed by atoms with E-state index in [1.165, 1.54) is 0 Å². The second kappa shape index (κ2) is 13.9. The van der Waals surface area contributed by atoms with Crippen molar-refractivity contribution in [1.82, 2.24) is 0 Å². The highest BCUT2D eigenvalue weighted by Gasteiger charge is 2.65. The van der Waals surface area contributed by atoms with E-state index in [2.05, 4.69) is 36.4 Å². The van der Waals surface area contributed by atoms with Crippen molar-refractivity contribution in [2.45, 2.75) is 32.3 Å². The summed E-state index contributed by atoms with van der Waals surface area (Å²) in [5.41, 5.74) is 0.588. The fraction of sp³-hybridized carbons (Fsp3) is 0.167. The van der Waals surface area contributed by atoms with Crippen LogP contribution in [0.1, 0.15) is 32.8 Å². The molecule has 0 aliphatic carbocycles. The molecule has 242 valence electrons. The molecule has 1 atom stereocenters. The Morgan fingerprint density at radius 3 is 1.48 bits per heavy atom. The largest absolute Gasteiger partial charge is 0.872 e. The van der Waals surface area contributed by atoms with E-state index in [1.54, 1.807) is 13.8 Å². The van der Waals surface area contributed by atoms with E-state index in [-0.39, 0.29) is 36.9 Å². The van der Waals surface area contributed by atoms with E-state index in [1.807, 2.05) is 110 Å². The van der Waals surface area contributed by atoms with E-state index in [9.17, 15) is 15.0 Å². The van der Waals surface area contributed by atoms with Gasteiger partial charge in [-0.25, -0.2) is 4.79 Å². The lowest BCUT2D eigenvalue weighted by molar-refractivity contribution is -0.266. The van der Waals surface area contributed by atoms with Crippen molar-refractivity contribution in [2.75, 3.05) is 13.2 Å². The Morgan fingerprint density at radius 1 is 0.625 bits per heavy atom. The molecule has 0 fully saturated rings. The molecule has 1 unspecified atom stereocenters. The van der Waals surface area contributed by atoms with Crippen molar-refractivity contribution in [1.29, 1.82) is 0 Å². The maximum Gasteiger partial charge on any atom is 0.351 e. The molecule has 0 saturated heterocycles. The molecule has 6 aromatic carbocycles. The van der Waals surface area contributed by atoms with Crippen LogP contribution in [-0.2, 0) is 14.3 Å². The SMILES string of the molecule is CCOC(=O)C(C)(C/C(=C(\O)OCC)c1c([O-])c2ccccc2c2ccccc12)[P+](c1ccccc1)(c1ccccc1)c1ccccc1. The molecule has 0 heterocycles. The minimum absolute atomic E-state index is 0.0400. The Balaban J connectivity index is 1.76. The number of esters is 1. The molecular weight excluding hydrogens is 615 g/mol. The Bertz CT molecular complexity index is 1980. The molecule has 0 spiro atoms. The standard InChI is InChI=1S/C42H39O5P/c1-4-46-40(44)37(38-35-27-17-15-25-33(35)34-26-16-18-28-36(34)39(38)43)29-42(3,41(45)47-5-2)48(30-19-9-6-10-20-30,31-21-11-7-12-22-31)32-23-13-8-14-24-32/h6-28H,4-5,29H2,1-3H3,(H-,43,44)/b40-37-. The lowest BCUT2D eigenvalue weighted by Crippen LogP contribution is -2.51. The molecule has 0 bridgehead atoms. The molecule has 6 heteroatoms. The van der Waals surface area contributed by atoms with E-state index in [4.69, 9.17) is 9.47 Å². The topological polar surface area (TPSA) is 78.8 Å². The minimum atomic E-state index is -3.00. The zero-order valence-electron chi connectivity index (χ0n) is 27.4. The predicted molar refractivity (Wildman–Crippen MR) is 197 cm³/mol. The Hall–Kier alpha value is -5.12. The van der Waals surface area contributed by atoms with Gasteiger partial charge in [0.15, 0.2) is 5.16 Å². The zero-order chi connectivity index (χ0) is 33.7. The molecule has 48 heavy (non-hydrogen) atoms. The first kappa shape index (κ1) is 32.8. The highest BCUT2D eigenvalue weighted by atomic mass is 31.2. The van der Waals surface area contributed by atoms with Gasteiger partial charge in [0.25, 0.3) is 5.95 Å². The number of benzene rings is 6. The van der Waals surface area contributed by atoms with Crippen molar-refractivity contribution in [3.63, 3.8) is 0 Å². The van der Waals surface area contributed by atoms with Gasteiger partial charge in [-0.15, -0.1) is 0 Å². The third kappa shape index (κ3) is 5.48. The van der Waals surface area contributed by atoms with Crippen LogP contribution in [0.25, 0.3) is 27.1 Å². The van der Waals surface area contributed by atoms with Crippen molar-refractivity contribution in [2.24, 2.45) is 0 Å². The molecular formula is C42H39O5P. The van der Waals surface area contributed by atoms with Crippen LogP contribution in [0.4, 0.5) is 0 Å². The van der Waals surface area contributed by atoms with Gasteiger partial charge in [0.05, 0.1) is 13.2 Å². The van der Waals surface area contributed by atoms with Gasteiger partial charge in [0, 0.05) is 12.0 Å². The normalized spacial score (nSPS) is 13.5. The number of rotatable bonds is 11. The van der Waals surface area contributed by atoms with E-state index in [0.717, 1.165) is 26.7 Å². The second-order valence-electron chi connectivity index (χ2n) is 11.9. The van der Waals surface area contributed by atoms with Gasteiger partial charge in [0.1, 0.15) is 23.2 Å². The second-order valence-corrected chi connectivity index (χ2v) is 15.7. The highest BCUT2D eigenvalue weighted by molar-refractivity contribution is 7.97. The average molecular weight is 655 g/mol. The number of carbonyl (C=O) groups excluding carboxylic acids is 1. The number of carbonyl (C=O) groups is 1. The van der Waals surface area contributed by atoms with Gasteiger partial charge < -0.3 is 19.7 Å². The lowest BCUT2D eigenvalue weighted by atomic mass is 9.88. The number of hydrogen-bond acceptors (Lipinski definition) is 5. The summed E-state index contributed by atoms with van der Waals surface area (Å²) >= 11 is 0. The summed E-state index contributed by atoms with van der Waals surface area (Å²) in [6, 6.07) is 45.5. The molecule has 0 radical (unpaired) electrons. The summed E-state index contributed by atoms with van der Waals surface area (Å²) in [7, 11) is -3.00. The van der Waals surface area contributed by atoms with Gasteiger partial charge in [-0.2, -0.15) is 0 Å². The summed E-state index contributed by atoms with van der Waals surface area (Å²) in [4.78, 5) is 14.9. The van der Waals surface area contributed by atoms with Gasteiger partial charge in [-0.05, 0) is 84.3 Å². The average Bonchev–Trinajstić information content (AvgIpc) is 3.13. The molecule has 0 aromatic heterocycles. The van der Waals surface area contributed by atoms with Crippen molar-refractivity contribution in [3.8, 4) is 5.75 Å². The van der Waals surface area contributed by atoms with Crippen LogP contribution in [0.5, 0.6) is 5.75 Å². The van der Waals surface area contributed by atoms with Gasteiger partial charge in [0.2, 0.25) is 0 Å². The Kier molecular flexibility index (Phi) is 9.52. The smallest absolute Gasteiger partial charge is 0.351 e. The molecule has 1 N–H and O–H groups in total. The zero-order valence-corrected chi connectivity index (χ0v) is 28.3. The van der Waals surface area contributed by atoms with Crippen LogP contribution in [-0.4, -0.2) is 29.4 Å². The third-order valence-electron chi connectivity index (χ3n) is 9.13. The number of allylic oxidation sites excluding steroid dienone is 1. The highest BCUT2D eigenvalue weighted by Crippen LogP contribution is 2.69. The number of aliphatic hydroxyl groups excluding tert-OH is 1. The first-order valence-electron chi connectivity index (χ1n) is 16.3. The summed E-state index contributed by atoms with van der Waals surface area (Å²) in [6.07, 6.45) is -0.0400. The predicted octanol–water partition coefficient (Wildman–Crippen LogP) is 8.04. The van der Waals surface area contributed by atoms with E-state index >= 15 is 0 Å². The van der Waals surface area contributed by atoms with Crippen molar-refractivity contribution >= 4 is 56.3 Å². The lowest BCUT2D eigenvalue weighted by Gasteiger charge is -2.41. The van der Waals surface area contributed by atoms with Gasteiger partial charge in [-0.3, -0.25) is 0 Å². The van der Waals surface area contributed by atoms with Crippen LogP contribution >= 0.6 is 7.26 Å². The number of fused-ring (bicyclic) bond motifs is 3. The summed E-state index contributed by atoms with van der Waals surface area (Å²) in [6.45, 7) is 5.84. The van der Waals surface area contributed by atoms with Crippen LogP contribution in [0, 0.1) is 0 Å². The molecule has 6 aromatic rings. The van der Waals surface area contributed by atoms with Crippen LogP contribution < -0.4 is 21.0 Å². The van der Waals surface area contributed by atoms with Crippen LogP contribution in [0.3, 0.4) is 0 Å². The Morgan fingerprint density at radius 2 is 1.02 bits per heavy atom. The molecule has 0 aliphatic heterocycles. The van der Waals surface area contributed by atoms with Crippen molar-refractivity contribution < 1.29 is 24.5 Å². The Labute approximate surface area is 282 Å². The quantitative estimate of drug-likeness (QED) is 0.0663. The number of aliphatic hydroxyl groups is 1. The maximum absolute atomic E-state index is 14.9. The molecule has 0 amide bonds. The van der Waals surface area contributed by atoms with Crippen LogP contribution in [0.15, 0.2) is 145 Å². The number of hydrogen-bond donors (Lipinski definition) is 1.